The van der Waals surface area contributed by atoms with Gasteiger partial charge >= 0.3 is 6.09 Å². The van der Waals surface area contributed by atoms with Crippen molar-refractivity contribution < 1.29 is 9.53 Å². The van der Waals surface area contributed by atoms with Crippen LogP contribution in [-0.4, -0.2) is 29.7 Å². The minimum absolute atomic E-state index is 0.120. The van der Waals surface area contributed by atoms with Crippen LogP contribution >= 0.6 is 23.2 Å². The SMILES string of the molecule is C=C[C@@]1(c2ccc(Cl)c(Cl)c2)[C@@H]2CN(C(=O)OC(C)(C)C)CC[C@@H]21. The Morgan fingerprint density at radius 3 is 2.62 bits per heavy atom. The zero-order valence-corrected chi connectivity index (χ0v) is 15.8. The lowest BCUT2D eigenvalue weighted by Gasteiger charge is -2.29. The van der Waals surface area contributed by atoms with Gasteiger partial charge in [0.1, 0.15) is 5.60 Å². The van der Waals surface area contributed by atoms with Gasteiger partial charge in [0.05, 0.1) is 10.0 Å². The van der Waals surface area contributed by atoms with Crippen LogP contribution in [0.15, 0.2) is 30.9 Å². The lowest BCUT2D eigenvalue weighted by molar-refractivity contribution is 0.0207. The first-order valence-corrected chi connectivity index (χ1v) is 9.01. The highest BCUT2D eigenvalue weighted by molar-refractivity contribution is 6.42. The highest BCUT2D eigenvalue weighted by atomic mass is 35.5. The standard InChI is InChI=1S/C19H23Cl2NO2/c1-5-19(12-6-7-15(20)16(21)10-12)13-8-9-22(11-14(13)19)17(23)24-18(2,3)4/h5-7,10,13-14H,1,8-9,11H2,2-4H3/t13-,14+,19-/m0/s1. The highest BCUT2D eigenvalue weighted by Crippen LogP contribution is 2.64. The Hall–Kier alpha value is -1.19. The monoisotopic (exact) mass is 367 g/mol. The van der Waals surface area contributed by atoms with E-state index < -0.39 is 5.60 Å². The quantitative estimate of drug-likeness (QED) is 0.663. The molecule has 0 unspecified atom stereocenters. The fourth-order valence-corrected chi connectivity index (χ4v) is 4.31. The van der Waals surface area contributed by atoms with Crippen molar-refractivity contribution in [3.63, 3.8) is 0 Å². The molecule has 1 saturated heterocycles. The Bertz CT molecular complexity index is 682. The predicted molar refractivity (Wildman–Crippen MR) is 97.7 cm³/mol. The topological polar surface area (TPSA) is 29.5 Å². The third kappa shape index (κ3) is 2.93. The smallest absolute Gasteiger partial charge is 0.410 e. The summed E-state index contributed by atoms with van der Waals surface area (Å²) >= 11 is 12.2. The number of rotatable bonds is 2. The Balaban J connectivity index is 1.79. The molecule has 24 heavy (non-hydrogen) atoms. The van der Waals surface area contributed by atoms with E-state index in [1.54, 1.807) is 0 Å². The second-order valence-corrected chi connectivity index (χ2v) is 8.51. The summed E-state index contributed by atoms with van der Waals surface area (Å²) in [6.45, 7) is 11.1. The third-order valence-corrected chi connectivity index (χ3v) is 5.88. The van der Waals surface area contributed by atoms with Gasteiger partial charge in [-0.15, -0.1) is 6.58 Å². The number of piperidine rings is 1. The van der Waals surface area contributed by atoms with Gasteiger partial charge in [0.25, 0.3) is 0 Å². The minimum Gasteiger partial charge on any atom is -0.444 e. The second-order valence-electron chi connectivity index (χ2n) is 7.69. The summed E-state index contributed by atoms with van der Waals surface area (Å²) in [5, 5.41) is 1.11. The molecule has 3 nitrogen and oxygen atoms in total. The summed E-state index contributed by atoms with van der Waals surface area (Å²) in [4.78, 5) is 14.2. The molecule has 0 aromatic heterocycles. The van der Waals surface area contributed by atoms with Crippen molar-refractivity contribution in [3.8, 4) is 0 Å². The number of carbonyl (C=O) groups is 1. The van der Waals surface area contributed by atoms with Gasteiger partial charge in [-0.25, -0.2) is 4.79 Å². The van der Waals surface area contributed by atoms with Crippen molar-refractivity contribution in [1.82, 2.24) is 4.90 Å². The van der Waals surface area contributed by atoms with E-state index in [9.17, 15) is 4.79 Å². The molecule has 0 radical (unpaired) electrons. The van der Waals surface area contributed by atoms with Crippen molar-refractivity contribution in [2.45, 2.75) is 38.2 Å². The molecule has 3 rings (SSSR count). The number of likely N-dealkylation sites (tertiary alicyclic amines) is 1. The second kappa shape index (κ2) is 5.96. The van der Waals surface area contributed by atoms with Gasteiger partial charge in [0.2, 0.25) is 0 Å². The molecule has 1 saturated carbocycles. The first-order valence-electron chi connectivity index (χ1n) is 8.26. The van der Waals surface area contributed by atoms with Crippen LogP contribution in [0.3, 0.4) is 0 Å². The average molecular weight is 368 g/mol. The number of carbonyl (C=O) groups excluding carboxylic acids is 1. The number of allylic oxidation sites excluding steroid dienone is 1. The van der Waals surface area contributed by atoms with Gasteiger partial charge in [0.15, 0.2) is 0 Å². The number of halogens is 2. The van der Waals surface area contributed by atoms with Crippen LogP contribution < -0.4 is 0 Å². The summed E-state index contributed by atoms with van der Waals surface area (Å²) in [6.07, 6.45) is 2.72. The van der Waals surface area contributed by atoms with Gasteiger partial charge in [0, 0.05) is 18.5 Å². The highest BCUT2D eigenvalue weighted by Gasteiger charge is 2.65. The molecule has 1 aliphatic carbocycles. The molecule has 0 spiro atoms. The van der Waals surface area contributed by atoms with Crippen LogP contribution in [-0.2, 0) is 10.2 Å². The average Bonchev–Trinajstić information content (AvgIpc) is 3.16. The van der Waals surface area contributed by atoms with Crippen LogP contribution in [0.1, 0.15) is 32.8 Å². The van der Waals surface area contributed by atoms with Gasteiger partial charge in [-0.05, 0) is 56.7 Å². The van der Waals surface area contributed by atoms with Crippen molar-refractivity contribution in [3.05, 3.63) is 46.5 Å². The first-order chi connectivity index (χ1) is 11.2. The van der Waals surface area contributed by atoms with Crippen LogP contribution in [0.5, 0.6) is 0 Å². The predicted octanol–water partition coefficient (Wildman–Crippen LogP) is 5.30. The van der Waals surface area contributed by atoms with E-state index in [-0.39, 0.29) is 11.5 Å². The lowest BCUT2D eigenvalue weighted by Crippen LogP contribution is -2.40. The maximum atomic E-state index is 12.4. The fraction of sp³-hybridized carbons (Fsp3) is 0.526. The van der Waals surface area contributed by atoms with Gasteiger partial charge in [-0.3, -0.25) is 0 Å². The van der Waals surface area contributed by atoms with Crippen LogP contribution in [0.25, 0.3) is 0 Å². The minimum atomic E-state index is -0.475. The Morgan fingerprint density at radius 1 is 1.33 bits per heavy atom. The van der Waals surface area contributed by atoms with Crippen LogP contribution in [0.4, 0.5) is 4.79 Å². The summed E-state index contributed by atoms with van der Waals surface area (Å²) < 4.78 is 5.51. The molecule has 1 aliphatic heterocycles. The molecule has 2 fully saturated rings. The fourth-order valence-electron chi connectivity index (χ4n) is 4.01. The lowest BCUT2D eigenvalue weighted by atomic mass is 9.91. The van der Waals surface area contributed by atoms with E-state index in [2.05, 4.69) is 6.58 Å². The van der Waals surface area contributed by atoms with E-state index in [4.69, 9.17) is 27.9 Å². The maximum Gasteiger partial charge on any atom is 0.410 e. The largest absolute Gasteiger partial charge is 0.444 e. The molecule has 1 aromatic rings. The van der Waals surface area contributed by atoms with Crippen molar-refractivity contribution in [2.24, 2.45) is 11.8 Å². The number of fused-ring (bicyclic) bond motifs is 1. The molecule has 0 bridgehead atoms. The molecule has 130 valence electrons. The molecular formula is C19H23Cl2NO2. The van der Waals surface area contributed by atoms with Crippen molar-refractivity contribution >= 4 is 29.3 Å². The molecule has 3 atom stereocenters. The van der Waals surface area contributed by atoms with E-state index in [0.717, 1.165) is 12.0 Å². The zero-order valence-electron chi connectivity index (χ0n) is 14.3. The van der Waals surface area contributed by atoms with Crippen LogP contribution in [0.2, 0.25) is 10.0 Å². The number of nitrogens with zero attached hydrogens (tertiary/aromatic N) is 1. The van der Waals surface area contributed by atoms with Crippen molar-refractivity contribution in [2.75, 3.05) is 13.1 Å². The van der Waals surface area contributed by atoms with E-state index >= 15 is 0 Å². The summed E-state index contributed by atoms with van der Waals surface area (Å²) in [7, 11) is 0. The molecule has 2 aliphatic rings. The van der Waals surface area contributed by atoms with Crippen LogP contribution in [0, 0.1) is 11.8 Å². The van der Waals surface area contributed by atoms with E-state index in [1.807, 2.05) is 49.9 Å². The molecule has 5 heteroatoms. The zero-order chi connectivity index (χ0) is 17.7. The van der Waals surface area contributed by atoms with E-state index in [0.29, 0.717) is 35.0 Å². The molecule has 1 heterocycles. The Labute approximate surface area is 153 Å². The van der Waals surface area contributed by atoms with Crippen molar-refractivity contribution in [1.29, 1.82) is 0 Å². The summed E-state index contributed by atoms with van der Waals surface area (Å²) in [6, 6.07) is 5.79. The molecule has 0 N–H and O–H groups in total. The summed E-state index contributed by atoms with van der Waals surface area (Å²) in [5.41, 5.74) is 0.537. The van der Waals surface area contributed by atoms with Gasteiger partial charge in [-0.2, -0.15) is 0 Å². The molecule has 1 amide bonds. The molecular weight excluding hydrogens is 345 g/mol. The first kappa shape index (κ1) is 17.6. The Kier molecular flexibility index (Phi) is 4.38. The van der Waals surface area contributed by atoms with Gasteiger partial charge in [-0.1, -0.05) is 35.3 Å². The third-order valence-electron chi connectivity index (χ3n) is 5.14. The number of hydrogen-bond donors (Lipinski definition) is 0. The maximum absolute atomic E-state index is 12.4. The number of benzene rings is 1. The summed E-state index contributed by atoms with van der Waals surface area (Å²) in [5.74, 6) is 0.847. The number of ether oxygens (including phenoxy) is 1. The van der Waals surface area contributed by atoms with Gasteiger partial charge < -0.3 is 9.64 Å². The van der Waals surface area contributed by atoms with E-state index in [1.165, 1.54) is 0 Å². The number of hydrogen-bond acceptors (Lipinski definition) is 2. The normalized spacial score (nSPS) is 29.0. The number of amides is 1. The molecule has 1 aromatic carbocycles. The Morgan fingerprint density at radius 2 is 2.04 bits per heavy atom.